The van der Waals surface area contributed by atoms with Crippen molar-refractivity contribution < 1.29 is 18.6 Å². The quantitative estimate of drug-likeness (QED) is 0.495. The maximum Gasteiger partial charge on any atom is 0.387 e. The summed E-state index contributed by atoms with van der Waals surface area (Å²) in [5.74, 6) is 0.359. The molecule has 7 nitrogen and oxygen atoms in total. The third-order valence-electron chi connectivity index (χ3n) is 5.20. The van der Waals surface area contributed by atoms with Gasteiger partial charge in [0.15, 0.2) is 5.82 Å². The molecule has 2 aromatic heterocycles. The number of para-hydroxylation sites is 1. The van der Waals surface area contributed by atoms with Crippen LogP contribution in [0.1, 0.15) is 25.2 Å². The number of nitrogens with zero attached hydrogens (tertiary/aromatic N) is 4. The first-order valence-corrected chi connectivity index (χ1v) is 9.92. The number of aliphatic hydroxyl groups is 1. The second-order valence-electron chi connectivity index (χ2n) is 7.96. The Hall–Kier alpha value is -3.59. The molecule has 0 atom stereocenters. The van der Waals surface area contributed by atoms with E-state index in [1.807, 2.05) is 6.07 Å². The van der Waals surface area contributed by atoms with E-state index in [0.717, 1.165) is 5.56 Å². The molecule has 0 aliphatic carbocycles. The van der Waals surface area contributed by atoms with Crippen LogP contribution in [0.25, 0.3) is 22.0 Å². The molecule has 32 heavy (non-hydrogen) atoms. The zero-order chi connectivity index (χ0) is 23.0. The zero-order valence-electron chi connectivity index (χ0n) is 17.8. The summed E-state index contributed by atoms with van der Waals surface area (Å²) in [7, 11) is 1.62. The Balaban J connectivity index is 1.78. The highest BCUT2D eigenvalue weighted by atomic mass is 19.3. The van der Waals surface area contributed by atoms with Crippen molar-refractivity contribution in [2.24, 2.45) is 7.05 Å². The molecule has 166 valence electrons. The van der Waals surface area contributed by atoms with E-state index in [9.17, 15) is 18.7 Å². The smallest absolute Gasteiger partial charge is 0.387 e. The van der Waals surface area contributed by atoms with Gasteiger partial charge in [-0.1, -0.05) is 24.3 Å². The summed E-state index contributed by atoms with van der Waals surface area (Å²) in [5, 5.41) is 10.6. The maximum atomic E-state index is 12.8. The van der Waals surface area contributed by atoms with Gasteiger partial charge in [-0.15, -0.1) is 0 Å². The molecule has 9 heteroatoms. The molecule has 0 fully saturated rings. The fourth-order valence-corrected chi connectivity index (χ4v) is 3.54. The number of ether oxygens (including phenoxy) is 1. The fourth-order valence-electron chi connectivity index (χ4n) is 3.54. The predicted octanol–water partition coefficient (Wildman–Crippen LogP) is 3.67. The van der Waals surface area contributed by atoms with Crippen LogP contribution in [0.3, 0.4) is 0 Å². The lowest BCUT2D eigenvalue weighted by atomic mass is 10.1. The molecule has 0 bridgehead atoms. The number of benzene rings is 2. The van der Waals surface area contributed by atoms with Crippen molar-refractivity contribution in [3.8, 4) is 16.9 Å². The Morgan fingerprint density at radius 1 is 1.09 bits per heavy atom. The van der Waals surface area contributed by atoms with E-state index in [2.05, 4.69) is 14.7 Å². The molecule has 0 spiro atoms. The van der Waals surface area contributed by atoms with Gasteiger partial charge in [-0.25, -0.2) is 9.97 Å². The van der Waals surface area contributed by atoms with E-state index in [1.54, 1.807) is 68.3 Å². The Morgan fingerprint density at radius 3 is 2.44 bits per heavy atom. The van der Waals surface area contributed by atoms with Crippen LogP contribution in [0.15, 0.2) is 59.7 Å². The van der Waals surface area contributed by atoms with Gasteiger partial charge < -0.3 is 9.84 Å². The van der Waals surface area contributed by atoms with Crippen LogP contribution in [0.4, 0.5) is 8.78 Å². The zero-order valence-corrected chi connectivity index (χ0v) is 17.8. The summed E-state index contributed by atoms with van der Waals surface area (Å²) in [6.45, 7) is 0.425. The van der Waals surface area contributed by atoms with E-state index in [4.69, 9.17) is 0 Å². The summed E-state index contributed by atoms with van der Waals surface area (Å²) in [5.41, 5.74) is 1.28. The standard InChI is InChI=1S/C23H22F2N4O3/c1-23(2,31)21-26-11-16(12-27-21)14-8-9-17-18(10-14)29(28(3)20(17)30)13-15-6-4-5-7-19(15)32-22(24)25/h4-12,22,31H,13H2,1-3H3. The lowest BCUT2D eigenvalue weighted by Crippen LogP contribution is -2.20. The molecule has 0 radical (unpaired) electrons. The molecular weight excluding hydrogens is 418 g/mol. The van der Waals surface area contributed by atoms with Gasteiger partial charge in [0.1, 0.15) is 11.4 Å². The number of hydrogen-bond acceptors (Lipinski definition) is 5. The van der Waals surface area contributed by atoms with Gasteiger partial charge in [0.05, 0.1) is 17.4 Å². The molecule has 2 aromatic carbocycles. The first kappa shape index (κ1) is 21.6. The van der Waals surface area contributed by atoms with Gasteiger partial charge in [0.25, 0.3) is 5.56 Å². The molecule has 0 aliphatic heterocycles. The van der Waals surface area contributed by atoms with E-state index in [0.29, 0.717) is 27.9 Å². The van der Waals surface area contributed by atoms with Crippen LogP contribution in [0.5, 0.6) is 5.75 Å². The average Bonchev–Trinajstić information content (AvgIpc) is 2.98. The second-order valence-corrected chi connectivity index (χ2v) is 7.96. The highest BCUT2D eigenvalue weighted by Crippen LogP contribution is 2.26. The Morgan fingerprint density at radius 2 is 1.78 bits per heavy atom. The molecule has 0 saturated heterocycles. The van der Waals surface area contributed by atoms with Gasteiger partial charge in [-0.3, -0.25) is 14.2 Å². The van der Waals surface area contributed by atoms with Crippen molar-refractivity contribution in [3.63, 3.8) is 0 Å². The minimum atomic E-state index is -2.94. The highest BCUT2D eigenvalue weighted by Gasteiger charge is 2.20. The molecule has 2 heterocycles. The summed E-state index contributed by atoms with van der Waals surface area (Å²) in [6, 6.07) is 11.8. The number of fused-ring (bicyclic) bond motifs is 1. The summed E-state index contributed by atoms with van der Waals surface area (Å²) < 4.78 is 33.4. The lowest BCUT2D eigenvalue weighted by molar-refractivity contribution is -0.0505. The van der Waals surface area contributed by atoms with Crippen molar-refractivity contribution >= 4 is 10.9 Å². The molecule has 1 N–H and O–H groups in total. The van der Waals surface area contributed by atoms with Gasteiger partial charge in [-0.05, 0) is 37.6 Å². The van der Waals surface area contributed by atoms with Crippen LogP contribution >= 0.6 is 0 Å². The molecule has 0 amide bonds. The Kier molecular flexibility index (Phi) is 5.52. The van der Waals surface area contributed by atoms with Gasteiger partial charge >= 0.3 is 6.61 Å². The minimum absolute atomic E-state index is 0.0589. The maximum absolute atomic E-state index is 12.8. The molecule has 0 saturated carbocycles. The van der Waals surface area contributed by atoms with Crippen LogP contribution in [-0.4, -0.2) is 31.0 Å². The first-order chi connectivity index (χ1) is 15.1. The van der Waals surface area contributed by atoms with E-state index in [1.165, 1.54) is 10.7 Å². The topological polar surface area (TPSA) is 82.2 Å². The van der Waals surface area contributed by atoms with Crippen molar-refractivity contribution in [2.45, 2.75) is 32.6 Å². The summed E-state index contributed by atoms with van der Waals surface area (Å²) >= 11 is 0. The van der Waals surface area contributed by atoms with Crippen molar-refractivity contribution in [2.75, 3.05) is 0 Å². The Labute approximate surface area is 182 Å². The van der Waals surface area contributed by atoms with Crippen LogP contribution in [-0.2, 0) is 19.2 Å². The van der Waals surface area contributed by atoms with Gasteiger partial charge in [0.2, 0.25) is 0 Å². The number of aromatic nitrogens is 4. The third kappa shape index (κ3) is 4.11. The van der Waals surface area contributed by atoms with Crippen LogP contribution in [0, 0.1) is 0 Å². The molecule has 0 aliphatic rings. The summed E-state index contributed by atoms with van der Waals surface area (Å²) in [6.07, 6.45) is 3.22. The largest absolute Gasteiger partial charge is 0.434 e. The van der Waals surface area contributed by atoms with E-state index < -0.39 is 12.2 Å². The van der Waals surface area contributed by atoms with Crippen LogP contribution in [0.2, 0.25) is 0 Å². The Bertz CT molecular complexity index is 1320. The highest BCUT2D eigenvalue weighted by molar-refractivity contribution is 5.84. The van der Waals surface area contributed by atoms with Crippen molar-refractivity contribution in [1.82, 2.24) is 19.3 Å². The van der Waals surface area contributed by atoms with Gasteiger partial charge in [0, 0.05) is 30.6 Å². The molecular formula is C23H22F2N4O3. The predicted molar refractivity (Wildman–Crippen MR) is 116 cm³/mol. The monoisotopic (exact) mass is 440 g/mol. The first-order valence-electron chi connectivity index (χ1n) is 9.92. The molecule has 0 unspecified atom stereocenters. The fraction of sp³-hybridized carbons (Fsp3) is 0.261. The minimum Gasteiger partial charge on any atom is -0.434 e. The van der Waals surface area contributed by atoms with Crippen LogP contribution < -0.4 is 10.3 Å². The van der Waals surface area contributed by atoms with Gasteiger partial charge in [-0.2, -0.15) is 8.78 Å². The summed E-state index contributed by atoms with van der Waals surface area (Å²) in [4.78, 5) is 21.2. The van der Waals surface area contributed by atoms with Crippen molar-refractivity contribution in [3.05, 3.63) is 76.6 Å². The SMILES string of the molecule is Cn1c(=O)c2ccc(-c3cnc(C(C)(C)O)nc3)cc2n1Cc1ccccc1OC(F)F. The van der Waals surface area contributed by atoms with E-state index >= 15 is 0 Å². The molecule has 4 aromatic rings. The number of alkyl halides is 2. The third-order valence-corrected chi connectivity index (χ3v) is 5.20. The average molecular weight is 440 g/mol. The normalized spacial score (nSPS) is 12.0. The number of hydrogen-bond donors (Lipinski definition) is 1. The molecule has 4 rings (SSSR count). The second kappa shape index (κ2) is 8.16. The van der Waals surface area contributed by atoms with Crippen molar-refractivity contribution in [1.29, 1.82) is 0 Å². The van der Waals surface area contributed by atoms with E-state index in [-0.39, 0.29) is 17.9 Å². The lowest BCUT2D eigenvalue weighted by Gasteiger charge is -2.15. The number of rotatable bonds is 6. The number of halogens is 2.